The number of allylic oxidation sites excluding steroid dienone is 2. The first-order valence-electron chi connectivity index (χ1n) is 9.90. The summed E-state index contributed by atoms with van der Waals surface area (Å²) in [5.74, 6) is -0.744. The van der Waals surface area contributed by atoms with E-state index in [2.05, 4.69) is 27.4 Å². The fourth-order valence-electron chi connectivity index (χ4n) is 1.46. The van der Waals surface area contributed by atoms with Gasteiger partial charge >= 0.3 is 12.1 Å². The fourth-order valence-corrected chi connectivity index (χ4v) is 1.46. The Balaban J connectivity index is -0.000000213. The first kappa shape index (κ1) is 36.2. The molecule has 0 atom stereocenters. The largest absolute Gasteiger partial charge is 0.508 e. The summed E-state index contributed by atoms with van der Waals surface area (Å²) in [5, 5.41) is 0. The molecule has 0 aliphatic carbocycles. The van der Waals surface area contributed by atoms with Crippen molar-refractivity contribution in [2.24, 2.45) is 0 Å². The maximum absolute atomic E-state index is 11.7. The summed E-state index contributed by atoms with van der Waals surface area (Å²) >= 11 is 0. The number of aldehydes is 1. The highest BCUT2D eigenvalue weighted by atomic mass is 16.7. The molecule has 0 bridgehead atoms. The Morgan fingerprint density at radius 1 is 0.969 bits per heavy atom. The summed E-state index contributed by atoms with van der Waals surface area (Å²) in [6, 6.07) is 0. The van der Waals surface area contributed by atoms with E-state index in [0.717, 1.165) is 0 Å². The van der Waals surface area contributed by atoms with Crippen LogP contribution in [-0.2, 0) is 33.3 Å². The number of carbonyl (C=O) groups excluding carboxylic acids is 4. The number of hydrogen-bond acceptors (Lipinski definition) is 8. The van der Waals surface area contributed by atoms with Crippen LogP contribution in [0, 0.1) is 0 Å². The van der Waals surface area contributed by atoms with Crippen molar-refractivity contribution in [1.29, 1.82) is 0 Å². The minimum atomic E-state index is -0.768. The average molecular weight is 458 g/mol. The zero-order valence-corrected chi connectivity index (χ0v) is 20.9. The zero-order chi connectivity index (χ0) is 26.1. The Morgan fingerprint density at radius 2 is 1.50 bits per heavy atom. The highest BCUT2D eigenvalue weighted by Crippen LogP contribution is 2.08. The number of rotatable bonds is 9. The fraction of sp³-hybridized carbons (Fsp3) is 0.478. The molecule has 9 nitrogen and oxygen atoms in total. The predicted molar refractivity (Wildman–Crippen MR) is 125 cm³/mol. The van der Waals surface area contributed by atoms with Gasteiger partial charge in [0.15, 0.2) is 6.29 Å². The molecular weight excluding hydrogens is 418 g/mol. The van der Waals surface area contributed by atoms with Gasteiger partial charge in [0.05, 0.1) is 13.4 Å². The van der Waals surface area contributed by atoms with Crippen LogP contribution in [0.2, 0.25) is 0 Å². The molecule has 0 fully saturated rings. The van der Waals surface area contributed by atoms with Crippen LogP contribution in [-0.4, -0.2) is 63.8 Å². The third-order valence-corrected chi connectivity index (χ3v) is 2.77. The van der Waals surface area contributed by atoms with Crippen molar-refractivity contribution in [3.8, 4) is 0 Å². The lowest BCUT2D eigenvalue weighted by molar-refractivity contribution is -0.135. The third-order valence-electron chi connectivity index (χ3n) is 2.77. The molecule has 0 aromatic carbocycles. The van der Waals surface area contributed by atoms with Crippen LogP contribution < -0.4 is 0 Å². The third kappa shape index (κ3) is 20.1. The van der Waals surface area contributed by atoms with Crippen LogP contribution >= 0.6 is 0 Å². The van der Waals surface area contributed by atoms with Gasteiger partial charge in [-0.3, -0.25) is 14.4 Å². The minimum absolute atomic E-state index is 0.0416. The van der Waals surface area contributed by atoms with E-state index in [1.54, 1.807) is 14.0 Å². The molecule has 0 aromatic rings. The molecule has 0 spiro atoms. The Labute approximate surface area is 192 Å². The van der Waals surface area contributed by atoms with E-state index in [1.165, 1.54) is 44.5 Å². The quantitative estimate of drug-likeness (QED) is 0.127. The molecule has 0 aromatic heterocycles. The monoisotopic (exact) mass is 457 g/mol. The molecule has 0 aliphatic rings. The Hall–Kier alpha value is -3.20. The van der Waals surface area contributed by atoms with E-state index in [-0.39, 0.29) is 30.4 Å². The zero-order valence-electron chi connectivity index (χ0n) is 20.9. The molecule has 184 valence electrons. The van der Waals surface area contributed by atoms with E-state index < -0.39 is 12.1 Å². The molecule has 0 unspecified atom stereocenters. The van der Waals surface area contributed by atoms with Crippen LogP contribution in [0.4, 0.5) is 4.79 Å². The number of esters is 1. The predicted octanol–water partition coefficient (Wildman–Crippen LogP) is 4.20. The number of amides is 1. The number of carbonyl (C=O) groups is 4. The van der Waals surface area contributed by atoms with Gasteiger partial charge < -0.3 is 23.8 Å². The van der Waals surface area contributed by atoms with E-state index in [9.17, 15) is 19.2 Å². The van der Waals surface area contributed by atoms with Crippen molar-refractivity contribution < 1.29 is 38.1 Å². The number of methoxy groups -OCH3 is 2. The van der Waals surface area contributed by atoms with Crippen LogP contribution in [0.5, 0.6) is 0 Å². The first-order chi connectivity index (χ1) is 15.2. The molecule has 0 aliphatic heterocycles. The van der Waals surface area contributed by atoms with Gasteiger partial charge in [0.25, 0.3) is 5.91 Å². The second-order valence-corrected chi connectivity index (χ2v) is 5.13. The lowest BCUT2D eigenvalue weighted by Crippen LogP contribution is -2.30. The maximum Gasteiger partial charge on any atom is 0.508 e. The van der Waals surface area contributed by atoms with E-state index in [0.29, 0.717) is 11.9 Å². The number of likely N-dealkylation sites (N-methyl/N-ethyl adjacent to an activating group) is 1. The lowest BCUT2D eigenvalue weighted by Gasteiger charge is -2.16. The molecule has 0 saturated carbocycles. The highest BCUT2D eigenvalue weighted by molar-refractivity contribution is 6.02. The second kappa shape index (κ2) is 25.8. The SMILES string of the molecule is C=C/C(C=O)=C(\C=C)C(=O)N(C)COC.CC.CC.COC(=O)OC/C(C)=C/OC(C)=O. The van der Waals surface area contributed by atoms with Gasteiger partial charge in [-0.15, -0.1) is 0 Å². The number of hydrogen-bond donors (Lipinski definition) is 0. The van der Waals surface area contributed by atoms with E-state index in [4.69, 9.17) is 4.74 Å². The van der Waals surface area contributed by atoms with Gasteiger partial charge in [-0.1, -0.05) is 53.0 Å². The summed E-state index contributed by atoms with van der Waals surface area (Å²) in [5.41, 5.74) is 1.05. The van der Waals surface area contributed by atoms with E-state index >= 15 is 0 Å². The van der Waals surface area contributed by atoms with Crippen molar-refractivity contribution >= 4 is 24.3 Å². The molecule has 0 N–H and O–H groups in total. The topological polar surface area (TPSA) is 108 Å². The van der Waals surface area contributed by atoms with Gasteiger partial charge in [-0.25, -0.2) is 4.79 Å². The number of ether oxygens (including phenoxy) is 4. The maximum atomic E-state index is 11.7. The van der Waals surface area contributed by atoms with Gasteiger partial charge in [0, 0.05) is 32.2 Å². The van der Waals surface area contributed by atoms with Crippen molar-refractivity contribution in [2.75, 3.05) is 34.6 Å². The molecule has 0 radical (unpaired) electrons. The van der Waals surface area contributed by atoms with Crippen molar-refractivity contribution in [2.45, 2.75) is 41.5 Å². The summed E-state index contributed by atoms with van der Waals surface area (Å²) in [4.78, 5) is 44.5. The molecule has 0 saturated heterocycles. The van der Waals surface area contributed by atoms with Crippen molar-refractivity contribution in [3.63, 3.8) is 0 Å². The summed E-state index contributed by atoms with van der Waals surface area (Å²) in [6.07, 6.45) is 3.69. The lowest BCUT2D eigenvalue weighted by atomic mass is 10.1. The Morgan fingerprint density at radius 3 is 1.84 bits per heavy atom. The Bertz CT molecular complexity index is 626. The smallest absolute Gasteiger partial charge is 0.438 e. The van der Waals surface area contributed by atoms with Crippen molar-refractivity contribution in [3.05, 3.63) is 48.3 Å². The summed E-state index contributed by atoms with van der Waals surface area (Å²) < 4.78 is 18.1. The molecule has 0 rings (SSSR count). The van der Waals surface area contributed by atoms with Gasteiger partial charge in [0.2, 0.25) is 0 Å². The van der Waals surface area contributed by atoms with E-state index in [1.807, 2.05) is 27.7 Å². The van der Waals surface area contributed by atoms with Crippen molar-refractivity contribution in [1.82, 2.24) is 4.90 Å². The molecule has 0 heterocycles. The highest BCUT2D eigenvalue weighted by Gasteiger charge is 2.14. The molecule has 1 amide bonds. The first-order valence-corrected chi connectivity index (χ1v) is 9.90. The van der Waals surface area contributed by atoms with Crippen LogP contribution in [0.1, 0.15) is 41.5 Å². The van der Waals surface area contributed by atoms with Crippen LogP contribution in [0.25, 0.3) is 0 Å². The molecule has 9 heteroatoms. The average Bonchev–Trinajstić information content (AvgIpc) is 2.82. The standard InChI is InChI=1S/C11H15NO3.C8H12O5.2C2H6/c1-5-9(7-13)10(6-2)11(14)12(3)8-15-4;1-6(4-12-7(2)9)5-13-8(10)11-3;2*1-2/h5-7H,1-2,8H2,3-4H3;4H,5H2,1-3H3;2*1-2H3/b10-9-;6-4+;;. The van der Waals surface area contributed by atoms with Crippen LogP contribution in [0.15, 0.2) is 48.3 Å². The second-order valence-electron chi connectivity index (χ2n) is 5.13. The normalized spacial score (nSPS) is 9.97. The summed E-state index contributed by atoms with van der Waals surface area (Å²) in [7, 11) is 4.27. The molecule has 32 heavy (non-hydrogen) atoms. The van der Waals surface area contributed by atoms with Gasteiger partial charge in [0.1, 0.15) is 13.3 Å². The number of nitrogens with zero attached hydrogens (tertiary/aromatic N) is 1. The van der Waals surface area contributed by atoms with Gasteiger partial charge in [-0.05, 0) is 12.5 Å². The Kier molecular flexibility index (Phi) is 29.2. The molecular formula is C23H39NO8. The van der Waals surface area contributed by atoms with Gasteiger partial charge in [-0.2, -0.15) is 0 Å². The minimum Gasteiger partial charge on any atom is -0.438 e. The van der Waals surface area contributed by atoms with Crippen LogP contribution in [0.3, 0.4) is 0 Å². The summed E-state index contributed by atoms with van der Waals surface area (Å²) in [6.45, 7) is 18.1.